The lowest BCUT2D eigenvalue weighted by Crippen LogP contribution is -2.00. The van der Waals surface area contributed by atoms with Crippen LogP contribution < -0.4 is 4.74 Å². The van der Waals surface area contributed by atoms with Gasteiger partial charge in [0.25, 0.3) is 5.69 Å². The van der Waals surface area contributed by atoms with Crippen molar-refractivity contribution in [2.24, 2.45) is 0 Å². The van der Waals surface area contributed by atoms with E-state index in [9.17, 15) is 14.5 Å². The summed E-state index contributed by atoms with van der Waals surface area (Å²) in [6.07, 6.45) is 0. The second-order valence-corrected chi connectivity index (χ2v) is 3.63. The van der Waals surface area contributed by atoms with Gasteiger partial charge in [0.05, 0.1) is 10.5 Å². The zero-order valence-electron chi connectivity index (χ0n) is 9.38. The highest BCUT2D eigenvalue weighted by atomic mass is 19.1. The lowest BCUT2D eigenvalue weighted by atomic mass is 10.2. The normalized spacial score (nSPS) is 10.1. The molecule has 0 unspecified atom stereocenters. The molecule has 0 aliphatic heterocycles. The fourth-order valence-electron chi connectivity index (χ4n) is 1.50. The number of para-hydroxylation sites is 1. The summed E-state index contributed by atoms with van der Waals surface area (Å²) in [7, 11) is 0. The van der Waals surface area contributed by atoms with Crippen molar-refractivity contribution in [3.05, 3.63) is 70.0 Å². The Bertz CT molecular complexity index is 554. The van der Waals surface area contributed by atoms with Gasteiger partial charge in [-0.2, -0.15) is 0 Å². The minimum atomic E-state index is -0.455. The Hall–Kier alpha value is -2.43. The predicted molar refractivity (Wildman–Crippen MR) is 63.8 cm³/mol. The number of halogens is 1. The van der Waals surface area contributed by atoms with E-state index in [1.165, 1.54) is 30.3 Å². The molecule has 0 spiro atoms. The molecule has 0 heterocycles. The van der Waals surface area contributed by atoms with Gasteiger partial charge in [0.2, 0.25) is 0 Å². The van der Waals surface area contributed by atoms with Gasteiger partial charge in [0.1, 0.15) is 18.2 Å². The molecule has 0 aliphatic rings. The van der Waals surface area contributed by atoms with Gasteiger partial charge < -0.3 is 4.74 Å². The van der Waals surface area contributed by atoms with Crippen LogP contribution in [0.15, 0.2) is 48.5 Å². The van der Waals surface area contributed by atoms with E-state index in [0.717, 1.165) is 0 Å². The Morgan fingerprint density at radius 3 is 2.44 bits per heavy atom. The van der Waals surface area contributed by atoms with Crippen molar-refractivity contribution in [1.29, 1.82) is 0 Å². The second-order valence-electron chi connectivity index (χ2n) is 3.63. The number of hydrogen-bond acceptors (Lipinski definition) is 3. The average molecular weight is 247 g/mol. The Labute approximate surface area is 103 Å². The third-order valence-corrected chi connectivity index (χ3v) is 2.40. The fourth-order valence-corrected chi connectivity index (χ4v) is 1.50. The lowest BCUT2D eigenvalue weighted by molar-refractivity contribution is -0.385. The van der Waals surface area contributed by atoms with Gasteiger partial charge in [-0.3, -0.25) is 10.1 Å². The summed E-state index contributed by atoms with van der Waals surface area (Å²) in [5, 5.41) is 10.8. The summed E-state index contributed by atoms with van der Waals surface area (Å²) >= 11 is 0. The molecule has 2 aromatic carbocycles. The van der Waals surface area contributed by atoms with E-state index in [2.05, 4.69) is 0 Å². The Kier molecular flexibility index (Phi) is 3.52. The van der Waals surface area contributed by atoms with E-state index in [-0.39, 0.29) is 18.1 Å². The molecule has 0 fully saturated rings. The van der Waals surface area contributed by atoms with Crippen LogP contribution in [0.4, 0.5) is 10.1 Å². The molecular formula is C13H10FNO3. The quantitative estimate of drug-likeness (QED) is 0.615. The van der Waals surface area contributed by atoms with Gasteiger partial charge in [-0.25, -0.2) is 4.39 Å². The van der Waals surface area contributed by atoms with Gasteiger partial charge in [-0.05, 0) is 30.3 Å². The standard InChI is InChI=1S/C13H10FNO3/c14-11-5-7-12(8-6-11)18-9-10-3-1-2-4-13(10)15(16)17/h1-8H,9H2. The first-order chi connectivity index (χ1) is 8.66. The van der Waals surface area contributed by atoms with Crippen molar-refractivity contribution in [2.45, 2.75) is 6.61 Å². The number of nitro groups is 1. The van der Waals surface area contributed by atoms with Crippen molar-refractivity contribution in [3.8, 4) is 5.75 Å². The first-order valence-corrected chi connectivity index (χ1v) is 5.27. The topological polar surface area (TPSA) is 52.4 Å². The summed E-state index contributed by atoms with van der Waals surface area (Å²) in [5.41, 5.74) is 0.492. The van der Waals surface area contributed by atoms with Crippen molar-refractivity contribution in [1.82, 2.24) is 0 Å². The first-order valence-electron chi connectivity index (χ1n) is 5.27. The van der Waals surface area contributed by atoms with Gasteiger partial charge in [0.15, 0.2) is 0 Å². The monoisotopic (exact) mass is 247 g/mol. The minimum Gasteiger partial charge on any atom is -0.489 e. The molecule has 0 bridgehead atoms. The number of hydrogen-bond donors (Lipinski definition) is 0. The zero-order valence-corrected chi connectivity index (χ0v) is 9.38. The largest absolute Gasteiger partial charge is 0.489 e. The van der Waals surface area contributed by atoms with Crippen molar-refractivity contribution < 1.29 is 14.1 Å². The number of rotatable bonds is 4. The van der Waals surface area contributed by atoms with Gasteiger partial charge in [-0.15, -0.1) is 0 Å². The van der Waals surface area contributed by atoms with Gasteiger partial charge in [-0.1, -0.05) is 12.1 Å². The third-order valence-electron chi connectivity index (χ3n) is 2.40. The molecule has 92 valence electrons. The highest BCUT2D eigenvalue weighted by Crippen LogP contribution is 2.20. The Morgan fingerprint density at radius 1 is 1.11 bits per heavy atom. The summed E-state index contributed by atoms with van der Waals surface area (Å²) in [5.74, 6) is 0.114. The molecule has 0 atom stereocenters. The van der Waals surface area contributed by atoms with Crippen molar-refractivity contribution >= 4 is 5.69 Å². The molecule has 0 radical (unpaired) electrons. The van der Waals surface area contributed by atoms with Crippen LogP contribution in [0.5, 0.6) is 5.75 Å². The van der Waals surface area contributed by atoms with Crippen LogP contribution in [0.25, 0.3) is 0 Å². The number of nitro benzene ring substituents is 1. The lowest BCUT2D eigenvalue weighted by Gasteiger charge is -2.06. The number of nitrogens with zero attached hydrogens (tertiary/aromatic N) is 1. The van der Waals surface area contributed by atoms with Crippen molar-refractivity contribution in [2.75, 3.05) is 0 Å². The maximum absolute atomic E-state index is 12.7. The Morgan fingerprint density at radius 2 is 1.78 bits per heavy atom. The smallest absolute Gasteiger partial charge is 0.276 e. The van der Waals surface area contributed by atoms with Crippen LogP contribution in [0.2, 0.25) is 0 Å². The van der Waals surface area contributed by atoms with E-state index in [0.29, 0.717) is 11.3 Å². The molecule has 0 N–H and O–H groups in total. The van der Waals surface area contributed by atoms with E-state index >= 15 is 0 Å². The first kappa shape index (κ1) is 12.0. The second kappa shape index (κ2) is 5.27. The minimum absolute atomic E-state index is 0.0135. The van der Waals surface area contributed by atoms with Crippen LogP contribution in [0.1, 0.15) is 5.56 Å². The van der Waals surface area contributed by atoms with E-state index < -0.39 is 4.92 Å². The van der Waals surface area contributed by atoms with Crippen LogP contribution in [-0.4, -0.2) is 4.92 Å². The highest BCUT2D eigenvalue weighted by Gasteiger charge is 2.12. The molecule has 5 heteroatoms. The van der Waals surface area contributed by atoms with Crippen LogP contribution in [0, 0.1) is 15.9 Å². The highest BCUT2D eigenvalue weighted by molar-refractivity contribution is 5.39. The molecule has 0 saturated heterocycles. The molecule has 4 nitrogen and oxygen atoms in total. The number of ether oxygens (including phenoxy) is 1. The Balaban J connectivity index is 2.10. The van der Waals surface area contributed by atoms with Crippen LogP contribution in [-0.2, 0) is 6.61 Å². The fraction of sp³-hybridized carbons (Fsp3) is 0.0769. The molecule has 2 rings (SSSR count). The zero-order chi connectivity index (χ0) is 13.0. The molecule has 0 aliphatic carbocycles. The average Bonchev–Trinajstić information content (AvgIpc) is 2.38. The molecule has 0 amide bonds. The summed E-state index contributed by atoms with van der Waals surface area (Å²) < 4.78 is 18.0. The van der Waals surface area contributed by atoms with Gasteiger partial charge >= 0.3 is 0 Å². The van der Waals surface area contributed by atoms with Crippen molar-refractivity contribution in [3.63, 3.8) is 0 Å². The van der Waals surface area contributed by atoms with E-state index in [4.69, 9.17) is 4.74 Å². The maximum atomic E-state index is 12.7. The maximum Gasteiger partial charge on any atom is 0.276 e. The SMILES string of the molecule is O=[N+]([O-])c1ccccc1COc1ccc(F)cc1. The summed E-state index contributed by atoms with van der Waals surface area (Å²) in [6.45, 7) is 0.0722. The number of benzene rings is 2. The van der Waals surface area contributed by atoms with Crippen LogP contribution in [0.3, 0.4) is 0 Å². The molecule has 0 saturated carbocycles. The van der Waals surface area contributed by atoms with Gasteiger partial charge in [0, 0.05) is 6.07 Å². The van der Waals surface area contributed by atoms with Crippen LogP contribution >= 0.6 is 0 Å². The summed E-state index contributed by atoms with van der Waals surface area (Å²) in [6, 6.07) is 11.8. The molecule has 18 heavy (non-hydrogen) atoms. The van der Waals surface area contributed by atoms with E-state index in [1.54, 1.807) is 18.2 Å². The summed E-state index contributed by atoms with van der Waals surface area (Å²) in [4.78, 5) is 10.3. The van der Waals surface area contributed by atoms with E-state index in [1.807, 2.05) is 0 Å². The molecule has 2 aromatic rings. The molecule has 0 aromatic heterocycles. The predicted octanol–water partition coefficient (Wildman–Crippen LogP) is 3.31. The molecular weight excluding hydrogens is 237 g/mol. The third kappa shape index (κ3) is 2.82.